The first-order chi connectivity index (χ1) is 11.0. The van der Waals surface area contributed by atoms with Gasteiger partial charge in [0, 0.05) is 12.0 Å². The minimum atomic E-state index is -1.51. The summed E-state index contributed by atoms with van der Waals surface area (Å²) in [6.07, 6.45) is 0.415. The molecule has 23 heavy (non-hydrogen) atoms. The van der Waals surface area contributed by atoms with Crippen LogP contribution in [0.1, 0.15) is 36.0 Å². The third-order valence-corrected chi connectivity index (χ3v) is 4.08. The molecular formula is C17H14F4O2. The Kier molecular flexibility index (Phi) is 4.26. The molecule has 1 saturated heterocycles. The molecule has 2 aromatic carbocycles. The molecule has 122 valence electrons. The van der Waals surface area contributed by atoms with Crippen molar-refractivity contribution < 1.29 is 27.4 Å². The fourth-order valence-electron chi connectivity index (χ4n) is 2.87. The fourth-order valence-corrected chi connectivity index (χ4v) is 2.87. The van der Waals surface area contributed by atoms with Crippen LogP contribution < -0.4 is 0 Å². The zero-order valence-corrected chi connectivity index (χ0v) is 12.0. The molecule has 2 aromatic rings. The summed E-state index contributed by atoms with van der Waals surface area (Å²) in [7, 11) is 0. The molecule has 1 heterocycles. The number of phenols is 1. The zero-order chi connectivity index (χ0) is 16.6. The molecule has 0 radical (unpaired) electrons. The van der Waals surface area contributed by atoms with Crippen molar-refractivity contribution in [3.05, 3.63) is 64.7 Å². The van der Waals surface area contributed by atoms with Gasteiger partial charge in [0.1, 0.15) is 11.6 Å². The lowest BCUT2D eigenvalue weighted by molar-refractivity contribution is 0.00131. The maximum atomic E-state index is 13.8. The SMILES string of the molecule is Oc1ccc(C2CCC(c3cc(F)c(F)c(F)c3)OC2)c(F)c1. The molecule has 0 saturated carbocycles. The van der Waals surface area contributed by atoms with Crippen LogP contribution in [0.2, 0.25) is 0 Å². The Morgan fingerprint density at radius 2 is 1.61 bits per heavy atom. The Morgan fingerprint density at radius 3 is 2.17 bits per heavy atom. The van der Waals surface area contributed by atoms with Crippen molar-refractivity contribution in [2.24, 2.45) is 0 Å². The number of benzene rings is 2. The summed E-state index contributed by atoms with van der Waals surface area (Å²) in [5.41, 5.74) is 0.656. The van der Waals surface area contributed by atoms with Gasteiger partial charge < -0.3 is 9.84 Å². The van der Waals surface area contributed by atoms with Crippen molar-refractivity contribution in [2.75, 3.05) is 6.61 Å². The molecule has 0 spiro atoms. The smallest absolute Gasteiger partial charge is 0.194 e. The van der Waals surface area contributed by atoms with Crippen LogP contribution in [0.5, 0.6) is 5.75 Å². The zero-order valence-electron chi connectivity index (χ0n) is 12.0. The summed E-state index contributed by atoms with van der Waals surface area (Å²) in [5.74, 6) is -4.89. The summed E-state index contributed by atoms with van der Waals surface area (Å²) >= 11 is 0. The quantitative estimate of drug-likeness (QED) is 0.646. The Labute approximate surface area is 130 Å². The average molecular weight is 326 g/mol. The second-order valence-corrected chi connectivity index (χ2v) is 5.60. The van der Waals surface area contributed by atoms with Crippen molar-refractivity contribution in [1.82, 2.24) is 0 Å². The van der Waals surface area contributed by atoms with E-state index in [1.54, 1.807) is 0 Å². The van der Waals surface area contributed by atoms with Crippen molar-refractivity contribution in [1.29, 1.82) is 0 Å². The average Bonchev–Trinajstić information content (AvgIpc) is 2.52. The Bertz CT molecular complexity index is 702. The lowest BCUT2D eigenvalue weighted by Gasteiger charge is -2.30. The summed E-state index contributed by atoms with van der Waals surface area (Å²) < 4.78 is 59.0. The molecular weight excluding hydrogens is 312 g/mol. The number of halogens is 4. The molecule has 0 aliphatic carbocycles. The molecule has 2 atom stereocenters. The molecule has 1 fully saturated rings. The maximum absolute atomic E-state index is 13.8. The van der Waals surface area contributed by atoms with E-state index < -0.39 is 29.4 Å². The van der Waals surface area contributed by atoms with Crippen LogP contribution in [-0.4, -0.2) is 11.7 Å². The molecule has 2 unspecified atom stereocenters. The molecule has 1 aliphatic heterocycles. The van der Waals surface area contributed by atoms with E-state index >= 15 is 0 Å². The van der Waals surface area contributed by atoms with Crippen LogP contribution in [-0.2, 0) is 4.74 Å². The van der Waals surface area contributed by atoms with E-state index in [4.69, 9.17) is 4.74 Å². The van der Waals surface area contributed by atoms with Crippen LogP contribution in [0.4, 0.5) is 17.6 Å². The minimum absolute atomic E-state index is 0.155. The third-order valence-electron chi connectivity index (χ3n) is 4.08. The van der Waals surface area contributed by atoms with E-state index in [2.05, 4.69) is 0 Å². The molecule has 0 aromatic heterocycles. The van der Waals surface area contributed by atoms with Gasteiger partial charge in [-0.1, -0.05) is 6.07 Å². The second-order valence-electron chi connectivity index (χ2n) is 5.60. The van der Waals surface area contributed by atoms with Gasteiger partial charge in [-0.3, -0.25) is 0 Å². The van der Waals surface area contributed by atoms with Gasteiger partial charge in [-0.15, -0.1) is 0 Å². The fraction of sp³-hybridized carbons (Fsp3) is 0.294. The summed E-state index contributed by atoms with van der Waals surface area (Å²) in [6.45, 7) is 0.174. The predicted molar refractivity (Wildman–Crippen MR) is 75.0 cm³/mol. The Morgan fingerprint density at radius 1 is 0.913 bits per heavy atom. The lowest BCUT2D eigenvalue weighted by atomic mass is 9.89. The van der Waals surface area contributed by atoms with Crippen molar-refractivity contribution in [3.8, 4) is 5.75 Å². The first kappa shape index (κ1) is 15.8. The largest absolute Gasteiger partial charge is 0.508 e. The van der Waals surface area contributed by atoms with E-state index in [1.165, 1.54) is 12.1 Å². The van der Waals surface area contributed by atoms with Crippen molar-refractivity contribution in [3.63, 3.8) is 0 Å². The molecule has 6 heteroatoms. The van der Waals surface area contributed by atoms with Gasteiger partial charge in [-0.2, -0.15) is 0 Å². The number of ether oxygens (including phenoxy) is 1. The van der Waals surface area contributed by atoms with Gasteiger partial charge >= 0.3 is 0 Å². The van der Waals surface area contributed by atoms with E-state index in [-0.39, 0.29) is 23.8 Å². The predicted octanol–water partition coefficient (Wildman–Crippen LogP) is 4.58. The Hall–Kier alpha value is -2.08. The highest BCUT2D eigenvalue weighted by Gasteiger charge is 2.27. The standard InChI is InChI=1S/C17H14F4O2/c18-13-7-11(22)2-3-12(13)9-1-4-16(23-8-9)10-5-14(19)17(21)15(20)6-10/h2-3,5-7,9,16,22H,1,4,8H2. The van der Waals surface area contributed by atoms with Crippen molar-refractivity contribution >= 4 is 0 Å². The van der Waals surface area contributed by atoms with Gasteiger partial charge in [0.2, 0.25) is 0 Å². The first-order valence-electron chi connectivity index (χ1n) is 7.20. The van der Waals surface area contributed by atoms with Gasteiger partial charge in [0.05, 0.1) is 12.7 Å². The highest BCUT2D eigenvalue weighted by molar-refractivity contribution is 5.31. The minimum Gasteiger partial charge on any atom is -0.508 e. The highest BCUT2D eigenvalue weighted by Crippen LogP contribution is 2.37. The first-order valence-corrected chi connectivity index (χ1v) is 7.20. The summed E-state index contributed by atoms with van der Waals surface area (Å²) in [5, 5.41) is 9.23. The van der Waals surface area contributed by atoms with Crippen LogP contribution in [0.3, 0.4) is 0 Å². The molecule has 1 aliphatic rings. The Balaban J connectivity index is 1.73. The number of hydrogen-bond acceptors (Lipinski definition) is 2. The molecule has 0 amide bonds. The summed E-state index contributed by atoms with van der Waals surface area (Å²) in [4.78, 5) is 0. The van der Waals surface area contributed by atoms with Gasteiger partial charge in [0.25, 0.3) is 0 Å². The lowest BCUT2D eigenvalue weighted by Crippen LogP contribution is -2.20. The molecule has 0 bridgehead atoms. The van der Waals surface area contributed by atoms with E-state index in [1.807, 2.05) is 0 Å². The number of phenolic OH excluding ortho intramolecular Hbond substituents is 1. The van der Waals surface area contributed by atoms with Crippen LogP contribution in [0.15, 0.2) is 30.3 Å². The molecule has 2 nitrogen and oxygen atoms in total. The van der Waals surface area contributed by atoms with Gasteiger partial charge in [0.15, 0.2) is 17.5 Å². The highest BCUT2D eigenvalue weighted by atomic mass is 19.2. The van der Waals surface area contributed by atoms with Crippen molar-refractivity contribution in [2.45, 2.75) is 24.9 Å². The van der Waals surface area contributed by atoms with Gasteiger partial charge in [-0.05, 0) is 42.2 Å². The maximum Gasteiger partial charge on any atom is 0.194 e. The third kappa shape index (κ3) is 3.17. The van der Waals surface area contributed by atoms with Crippen LogP contribution in [0, 0.1) is 23.3 Å². The number of aromatic hydroxyl groups is 1. The van der Waals surface area contributed by atoms with E-state index in [0.717, 1.165) is 18.2 Å². The number of rotatable bonds is 2. The number of hydrogen-bond donors (Lipinski definition) is 1. The second kappa shape index (κ2) is 6.20. The molecule has 3 rings (SSSR count). The normalized spacial score (nSPS) is 21.4. The monoisotopic (exact) mass is 326 g/mol. The van der Waals surface area contributed by atoms with Gasteiger partial charge in [-0.25, -0.2) is 17.6 Å². The topological polar surface area (TPSA) is 29.5 Å². The van der Waals surface area contributed by atoms with E-state index in [9.17, 15) is 22.7 Å². The van der Waals surface area contributed by atoms with Crippen LogP contribution >= 0.6 is 0 Å². The van der Waals surface area contributed by atoms with Crippen LogP contribution in [0.25, 0.3) is 0 Å². The van der Waals surface area contributed by atoms with E-state index in [0.29, 0.717) is 18.4 Å². The molecule has 1 N–H and O–H groups in total. The summed E-state index contributed by atoms with van der Waals surface area (Å²) in [6, 6.07) is 5.77.